The predicted octanol–water partition coefficient (Wildman–Crippen LogP) is 2.60. The van der Waals surface area contributed by atoms with Crippen LogP contribution in [0.4, 0.5) is 0 Å². The predicted molar refractivity (Wildman–Crippen MR) is 78.8 cm³/mol. The molecule has 1 heterocycles. The number of aliphatic hydroxyl groups is 1. The molecule has 1 N–H and O–H groups in total. The van der Waals surface area contributed by atoms with E-state index >= 15 is 0 Å². The Morgan fingerprint density at radius 2 is 2.00 bits per heavy atom. The van der Waals surface area contributed by atoms with Crippen LogP contribution in [0.3, 0.4) is 0 Å². The summed E-state index contributed by atoms with van der Waals surface area (Å²) in [5.41, 5.74) is 1.39. The molecule has 1 aliphatic carbocycles. The Hall–Kier alpha value is -1.06. The van der Waals surface area contributed by atoms with Gasteiger partial charge in [0.15, 0.2) is 0 Å². The molecule has 1 saturated carbocycles. The number of likely N-dealkylation sites (tertiary alicyclic amines) is 1. The zero-order valence-electron chi connectivity index (χ0n) is 11.5. The van der Waals surface area contributed by atoms with E-state index in [4.69, 9.17) is 11.6 Å². The highest BCUT2D eigenvalue weighted by Crippen LogP contribution is 2.45. The summed E-state index contributed by atoms with van der Waals surface area (Å²) < 4.78 is 0. The topological polar surface area (TPSA) is 40.5 Å². The second kappa shape index (κ2) is 5.38. The van der Waals surface area contributed by atoms with Crippen LogP contribution in [0.5, 0.6) is 0 Å². The first-order valence-electron chi connectivity index (χ1n) is 7.28. The van der Waals surface area contributed by atoms with Crippen molar-refractivity contribution in [2.24, 2.45) is 5.92 Å². The fraction of sp³-hybridized carbons (Fsp3) is 0.562. The lowest BCUT2D eigenvalue weighted by Gasteiger charge is -2.45. The Labute approximate surface area is 124 Å². The normalized spacial score (nSPS) is 24.8. The van der Waals surface area contributed by atoms with Crippen molar-refractivity contribution in [1.82, 2.24) is 4.90 Å². The molecule has 1 unspecified atom stereocenters. The average molecular weight is 294 g/mol. The fourth-order valence-electron chi connectivity index (χ4n) is 3.44. The molecule has 1 saturated heterocycles. The molecule has 3 nitrogen and oxygen atoms in total. The first kappa shape index (κ1) is 13.9. The average Bonchev–Trinajstić information content (AvgIpc) is 2.76. The molecule has 20 heavy (non-hydrogen) atoms. The van der Waals surface area contributed by atoms with Gasteiger partial charge in [-0.15, -0.1) is 0 Å². The quantitative estimate of drug-likeness (QED) is 0.927. The van der Waals surface area contributed by atoms with Crippen LogP contribution in [-0.4, -0.2) is 35.6 Å². The number of hydrogen-bond acceptors (Lipinski definition) is 2. The summed E-state index contributed by atoms with van der Waals surface area (Å²) in [5, 5.41) is 9.98. The summed E-state index contributed by atoms with van der Waals surface area (Å²) in [4.78, 5) is 14.0. The molecule has 0 aromatic heterocycles. The number of aliphatic hydroxyl groups excluding tert-OH is 1. The number of benzene rings is 1. The molecule has 4 heteroatoms. The van der Waals surface area contributed by atoms with E-state index in [2.05, 4.69) is 12.1 Å². The van der Waals surface area contributed by atoms with Crippen LogP contribution < -0.4 is 0 Å². The first-order valence-corrected chi connectivity index (χ1v) is 7.65. The van der Waals surface area contributed by atoms with E-state index in [1.165, 1.54) is 12.0 Å². The minimum Gasteiger partial charge on any atom is -0.396 e. The van der Waals surface area contributed by atoms with Crippen LogP contribution in [-0.2, 0) is 10.2 Å². The van der Waals surface area contributed by atoms with Gasteiger partial charge >= 0.3 is 0 Å². The lowest BCUT2D eigenvalue weighted by atomic mass is 9.64. The summed E-state index contributed by atoms with van der Waals surface area (Å²) in [6, 6.07) is 8.04. The van der Waals surface area contributed by atoms with E-state index in [0.717, 1.165) is 24.4 Å². The second-order valence-electron chi connectivity index (χ2n) is 6.17. The van der Waals surface area contributed by atoms with Gasteiger partial charge in [-0.05, 0) is 30.5 Å². The van der Waals surface area contributed by atoms with E-state index in [1.807, 2.05) is 17.0 Å². The molecule has 0 bridgehead atoms. The zero-order valence-corrected chi connectivity index (χ0v) is 12.3. The number of nitrogens with zero attached hydrogens (tertiary/aromatic N) is 1. The number of carbonyl (C=O) groups excluding carboxylic acids is 1. The Balaban J connectivity index is 1.77. The van der Waals surface area contributed by atoms with Crippen molar-refractivity contribution < 1.29 is 9.90 Å². The van der Waals surface area contributed by atoms with Gasteiger partial charge in [-0.2, -0.15) is 0 Å². The highest BCUT2D eigenvalue weighted by Gasteiger charge is 2.43. The molecule has 2 fully saturated rings. The molecular formula is C16H20ClNO2. The number of amides is 1. The summed E-state index contributed by atoms with van der Waals surface area (Å²) in [6.07, 6.45) is 3.96. The number of rotatable bonds is 4. The lowest BCUT2D eigenvalue weighted by molar-refractivity contribution is -0.129. The van der Waals surface area contributed by atoms with Crippen molar-refractivity contribution >= 4 is 17.5 Å². The van der Waals surface area contributed by atoms with Crippen LogP contribution in [0.15, 0.2) is 24.3 Å². The third-order valence-corrected chi connectivity index (χ3v) is 5.07. The third-order valence-electron chi connectivity index (χ3n) is 4.81. The van der Waals surface area contributed by atoms with Crippen LogP contribution >= 0.6 is 11.6 Å². The fourth-order valence-corrected chi connectivity index (χ4v) is 3.57. The Kier molecular flexibility index (Phi) is 3.74. The molecule has 108 valence electrons. The van der Waals surface area contributed by atoms with Gasteiger partial charge in [0, 0.05) is 42.5 Å². The molecular weight excluding hydrogens is 274 g/mol. The second-order valence-corrected chi connectivity index (χ2v) is 6.60. The molecule has 2 aliphatic rings. The number of hydrogen-bond donors (Lipinski definition) is 1. The molecule has 1 atom stereocenters. The van der Waals surface area contributed by atoms with Gasteiger partial charge in [-0.3, -0.25) is 4.79 Å². The van der Waals surface area contributed by atoms with Crippen LogP contribution in [0, 0.1) is 5.92 Å². The number of halogens is 1. The Morgan fingerprint density at radius 3 is 2.50 bits per heavy atom. The number of carbonyl (C=O) groups is 1. The third kappa shape index (κ3) is 2.45. The van der Waals surface area contributed by atoms with E-state index in [1.54, 1.807) is 0 Å². The van der Waals surface area contributed by atoms with Gasteiger partial charge in [-0.1, -0.05) is 30.2 Å². The molecule has 1 amide bonds. The smallest absolute Gasteiger partial charge is 0.223 e. The summed E-state index contributed by atoms with van der Waals surface area (Å²) in [7, 11) is 0. The Morgan fingerprint density at radius 1 is 1.30 bits per heavy atom. The van der Waals surface area contributed by atoms with E-state index in [0.29, 0.717) is 13.0 Å². The Bertz CT molecular complexity index is 496. The van der Waals surface area contributed by atoms with Crippen molar-refractivity contribution in [3.63, 3.8) is 0 Å². The lowest BCUT2D eigenvalue weighted by Crippen LogP contribution is -2.46. The molecule has 1 aromatic carbocycles. The first-order chi connectivity index (χ1) is 9.63. The van der Waals surface area contributed by atoms with Gasteiger partial charge in [0.2, 0.25) is 5.91 Å². The highest BCUT2D eigenvalue weighted by atomic mass is 35.5. The minimum atomic E-state index is 0.102. The van der Waals surface area contributed by atoms with E-state index in [9.17, 15) is 9.90 Å². The van der Waals surface area contributed by atoms with Crippen LogP contribution in [0.1, 0.15) is 31.2 Å². The van der Waals surface area contributed by atoms with Gasteiger partial charge in [0.25, 0.3) is 0 Å². The monoisotopic (exact) mass is 293 g/mol. The summed E-state index contributed by atoms with van der Waals surface area (Å²) in [6.45, 7) is 1.59. The standard InChI is InChI=1S/C16H20ClNO2/c17-14-4-2-13(3-5-14)16(6-1-7-16)11-18-9-12(10-19)8-15(18)20/h2-5,12,19H,1,6-11H2. The van der Waals surface area contributed by atoms with Gasteiger partial charge < -0.3 is 10.0 Å². The summed E-state index contributed by atoms with van der Waals surface area (Å²) in [5.74, 6) is 0.300. The van der Waals surface area contributed by atoms with Crippen molar-refractivity contribution in [1.29, 1.82) is 0 Å². The van der Waals surface area contributed by atoms with Crippen molar-refractivity contribution in [2.45, 2.75) is 31.1 Å². The van der Waals surface area contributed by atoms with Crippen molar-refractivity contribution in [2.75, 3.05) is 19.7 Å². The highest BCUT2D eigenvalue weighted by molar-refractivity contribution is 6.30. The van der Waals surface area contributed by atoms with Crippen molar-refractivity contribution in [3.8, 4) is 0 Å². The molecule has 1 aliphatic heterocycles. The maximum absolute atomic E-state index is 12.0. The summed E-state index contributed by atoms with van der Waals surface area (Å²) >= 11 is 5.96. The van der Waals surface area contributed by atoms with Gasteiger partial charge in [0.1, 0.15) is 0 Å². The van der Waals surface area contributed by atoms with E-state index in [-0.39, 0.29) is 23.8 Å². The van der Waals surface area contributed by atoms with Crippen molar-refractivity contribution in [3.05, 3.63) is 34.9 Å². The minimum absolute atomic E-state index is 0.102. The van der Waals surface area contributed by atoms with E-state index < -0.39 is 0 Å². The zero-order chi connectivity index (χ0) is 14.2. The van der Waals surface area contributed by atoms with Gasteiger partial charge in [-0.25, -0.2) is 0 Å². The maximum Gasteiger partial charge on any atom is 0.223 e. The largest absolute Gasteiger partial charge is 0.396 e. The van der Waals surface area contributed by atoms with Crippen LogP contribution in [0.25, 0.3) is 0 Å². The maximum atomic E-state index is 12.0. The SMILES string of the molecule is O=C1CC(CO)CN1CC1(c2ccc(Cl)cc2)CCC1. The molecule has 1 aromatic rings. The molecule has 3 rings (SSSR count). The van der Waals surface area contributed by atoms with Crippen LogP contribution in [0.2, 0.25) is 5.02 Å². The van der Waals surface area contributed by atoms with Gasteiger partial charge in [0.05, 0.1) is 0 Å². The molecule has 0 spiro atoms. The molecule has 0 radical (unpaired) electrons.